The van der Waals surface area contributed by atoms with Gasteiger partial charge in [-0.3, -0.25) is 9.79 Å². The molecule has 2 saturated heterocycles. The molecule has 0 spiro atoms. The Balaban J connectivity index is 1.31. The Morgan fingerprint density at radius 3 is 2.79 bits per heavy atom. The molecule has 1 atom stereocenters. The zero-order valence-corrected chi connectivity index (χ0v) is 17.1. The number of aromatic amines is 1. The molecule has 2 N–H and O–H groups in total. The van der Waals surface area contributed by atoms with E-state index in [0.29, 0.717) is 26.2 Å². The Morgan fingerprint density at radius 2 is 2.07 bits per heavy atom. The minimum Gasteiger partial charge on any atom is -0.368 e. The zero-order chi connectivity index (χ0) is 20.1. The molecule has 1 unspecified atom stereocenters. The van der Waals surface area contributed by atoms with Gasteiger partial charge in [0.25, 0.3) is 5.91 Å². The first-order valence-electron chi connectivity index (χ1n) is 10.6. The summed E-state index contributed by atoms with van der Waals surface area (Å²) < 4.78 is 5.55. The van der Waals surface area contributed by atoms with Gasteiger partial charge in [-0.1, -0.05) is 12.1 Å². The highest BCUT2D eigenvalue weighted by atomic mass is 16.5. The summed E-state index contributed by atoms with van der Waals surface area (Å²) in [7, 11) is 0. The number of imidazole rings is 1. The van der Waals surface area contributed by atoms with E-state index < -0.39 is 0 Å². The molecule has 1 amide bonds. The summed E-state index contributed by atoms with van der Waals surface area (Å²) in [6.45, 7) is 7.27. The van der Waals surface area contributed by atoms with Crippen molar-refractivity contribution in [3.63, 3.8) is 0 Å². The predicted octanol–water partition coefficient (Wildman–Crippen LogP) is 1.39. The van der Waals surface area contributed by atoms with E-state index in [9.17, 15) is 4.79 Å². The molecule has 2 aliphatic rings. The maximum Gasteiger partial charge on any atom is 0.251 e. The lowest BCUT2D eigenvalue weighted by molar-refractivity contribution is -0.142. The molecular formula is C21H30N6O2. The van der Waals surface area contributed by atoms with Gasteiger partial charge in [0, 0.05) is 52.3 Å². The molecule has 0 saturated carbocycles. The number of amides is 1. The van der Waals surface area contributed by atoms with Gasteiger partial charge in [0.15, 0.2) is 5.96 Å². The molecule has 0 bridgehead atoms. The number of para-hydroxylation sites is 2. The predicted molar refractivity (Wildman–Crippen MR) is 113 cm³/mol. The molecule has 4 rings (SSSR count). The van der Waals surface area contributed by atoms with Crippen LogP contribution in [-0.4, -0.2) is 83.6 Å². The molecule has 29 heavy (non-hydrogen) atoms. The molecule has 0 aliphatic carbocycles. The standard InChI is InChI=1S/C21H30N6O2/c1-2-22-21(23-10-9-19-24-16-6-3-4-7-17(16)25-19)27-13-11-26(12-14-27)20(28)18-8-5-15-29-18/h3-4,6-7,18H,2,5,8-15H2,1H3,(H,22,23)(H,24,25). The number of carbonyl (C=O) groups excluding carboxylic acids is 1. The van der Waals surface area contributed by atoms with Crippen molar-refractivity contribution in [3.8, 4) is 0 Å². The van der Waals surface area contributed by atoms with Crippen LogP contribution in [0.3, 0.4) is 0 Å². The summed E-state index contributed by atoms with van der Waals surface area (Å²) in [5.74, 6) is 2.01. The number of ether oxygens (including phenoxy) is 1. The first-order valence-corrected chi connectivity index (χ1v) is 10.6. The van der Waals surface area contributed by atoms with E-state index in [1.54, 1.807) is 0 Å². The van der Waals surface area contributed by atoms with Gasteiger partial charge < -0.3 is 24.8 Å². The highest BCUT2D eigenvalue weighted by Crippen LogP contribution is 2.16. The number of rotatable bonds is 5. The second kappa shape index (κ2) is 9.26. The molecule has 3 heterocycles. The van der Waals surface area contributed by atoms with Crippen molar-refractivity contribution in [1.29, 1.82) is 0 Å². The number of hydrogen-bond acceptors (Lipinski definition) is 4. The number of nitrogens with one attached hydrogen (secondary N) is 2. The van der Waals surface area contributed by atoms with Crippen LogP contribution in [-0.2, 0) is 16.0 Å². The number of piperazine rings is 1. The van der Waals surface area contributed by atoms with Gasteiger partial charge in [-0.05, 0) is 31.9 Å². The third-order valence-electron chi connectivity index (χ3n) is 5.48. The average Bonchev–Trinajstić information content (AvgIpc) is 3.42. The Bertz CT molecular complexity index is 817. The molecular weight excluding hydrogens is 368 g/mol. The quantitative estimate of drug-likeness (QED) is 0.587. The van der Waals surface area contributed by atoms with Crippen molar-refractivity contribution in [2.24, 2.45) is 4.99 Å². The van der Waals surface area contributed by atoms with E-state index in [1.807, 2.05) is 29.2 Å². The van der Waals surface area contributed by atoms with E-state index >= 15 is 0 Å². The second-order valence-electron chi connectivity index (χ2n) is 7.50. The Labute approximate surface area is 171 Å². The second-order valence-corrected chi connectivity index (χ2v) is 7.50. The molecule has 156 valence electrons. The van der Waals surface area contributed by atoms with Gasteiger partial charge in [-0.15, -0.1) is 0 Å². The van der Waals surface area contributed by atoms with E-state index in [2.05, 4.69) is 27.1 Å². The summed E-state index contributed by atoms with van der Waals surface area (Å²) in [6.07, 6.45) is 2.37. The van der Waals surface area contributed by atoms with Crippen molar-refractivity contribution < 1.29 is 9.53 Å². The topological polar surface area (TPSA) is 85.9 Å². The summed E-state index contributed by atoms with van der Waals surface area (Å²) in [6, 6.07) is 8.06. The zero-order valence-electron chi connectivity index (χ0n) is 17.1. The monoisotopic (exact) mass is 398 g/mol. The number of guanidine groups is 1. The third-order valence-corrected chi connectivity index (χ3v) is 5.48. The number of benzene rings is 1. The fourth-order valence-corrected chi connectivity index (χ4v) is 3.93. The molecule has 1 aromatic heterocycles. The number of nitrogens with zero attached hydrogens (tertiary/aromatic N) is 4. The van der Waals surface area contributed by atoms with E-state index in [0.717, 1.165) is 61.7 Å². The highest BCUT2D eigenvalue weighted by Gasteiger charge is 2.30. The smallest absolute Gasteiger partial charge is 0.251 e. The van der Waals surface area contributed by atoms with E-state index in [1.165, 1.54) is 0 Å². The summed E-state index contributed by atoms with van der Waals surface area (Å²) in [5.41, 5.74) is 2.05. The Kier molecular flexibility index (Phi) is 6.29. The molecule has 2 fully saturated rings. The summed E-state index contributed by atoms with van der Waals surface area (Å²) in [5, 5.41) is 3.38. The lowest BCUT2D eigenvalue weighted by atomic mass is 10.2. The van der Waals surface area contributed by atoms with Crippen LogP contribution in [0.5, 0.6) is 0 Å². The maximum atomic E-state index is 12.5. The van der Waals surface area contributed by atoms with Gasteiger partial charge in [0.05, 0.1) is 11.0 Å². The van der Waals surface area contributed by atoms with Crippen molar-refractivity contribution in [1.82, 2.24) is 25.1 Å². The number of aliphatic imine (C=N–C) groups is 1. The van der Waals surface area contributed by atoms with Crippen LogP contribution in [0.25, 0.3) is 11.0 Å². The highest BCUT2D eigenvalue weighted by molar-refractivity contribution is 5.83. The molecule has 2 aliphatic heterocycles. The average molecular weight is 399 g/mol. The van der Waals surface area contributed by atoms with Gasteiger partial charge in [0.2, 0.25) is 0 Å². The van der Waals surface area contributed by atoms with E-state index in [-0.39, 0.29) is 12.0 Å². The molecule has 0 radical (unpaired) electrons. The summed E-state index contributed by atoms with van der Waals surface area (Å²) >= 11 is 0. The fourth-order valence-electron chi connectivity index (χ4n) is 3.93. The lowest BCUT2D eigenvalue weighted by Gasteiger charge is -2.37. The maximum absolute atomic E-state index is 12.5. The largest absolute Gasteiger partial charge is 0.368 e. The van der Waals surface area contributed by atoms with Crippen LogP contribution in [0.4, 0.5) is 0 Å². The van der Waals surface area contributed by atoms with Gasteiger partial charge >= 0.3 is 0 Å². The first-order chi connectivity index (χ1) is 14.2. The van der Waals surface area contributed by atoms with Crippen molar-refractivity contribution in [2.75, 3.05) is 45.9 Å². The number of hydrogen-bond donors (Lipinski definition) is 2. The lowest BCUT2D eigenvalue weighted by Crippen LogP contribution is -2.55. The summed E-state index contributed by atoms with van der Waals surface area (Å²) in [4.78, 5) is 29.5. The molecule has 1 aromatic carbocycles. The van der Waals surface area contributed by atoms with Crippen molar-refractivity contribution in [2.45, 2.75) is 32.3 Å². The van der Waals surface area contributed by atoms with Crippen molar-refractivity contribution in [3.05, 3.63) is 30.1 Å². The Hall–Kier alpha value is -2.61. The Morgan fingerprint density at radius 1 is 1.28 bits per heavy atom. The number of carbonyl (C=O) groups is 1. The van der Waals surface area contributed by atoms with Crippen LogP contribution < -0.4 is 5.32 Å². The van der Waals surface area contributed by atoms with Crippen LogP contribution in [0.1, 0.15) is 25.6 Å². The third kappa shape index (κ3) is 4.70. The van der Waals surface area contributed by atoms with Gasteiger partial charge in [-0.2, -0.15) is 0 Å². The van der Waals surface area contributed by atoms with Crippen LogP contribution >= 0.6 is 0 Å². The molecule has 8 nitrogen and oxygen atoms in total. The van der Waals surface area contributed by atoms with Crippen LogP contribution in [0, 0.1) is 0 Å². The fraction of sp³-hybridized carbons (Fsp3) is 0.571. The molecule has 2 aromatic rings. The normalized spacial score (nSPS) is 20.4. The van der Waals surface area contributed by atoms with Crippen molar-refractivity contribution >= 4 is 22.9 Å². The number of aromatic nitrogens is 2. The van der Waals surface area contributed by atoms with Gasteiger partial charge in [0.1, 0.15) is 11.9 Å². The van der Waals surface area contributed by atoms with Crippen LogP contribution in [0.15, 0.2) is 29.3 Å². The number of fused-ring (bicyclic) bond motifs is 1. The minimum absolute atomic E-state index is 0.147. The minimum atomic E-state index is -0.229. The van der Waals surface area contributed by atoms with Crippen LogP contribution in [0.2, 0.25) is 0 Å². The number of H-pyrrole nitrogens is 1. The SMILES string of the molecule is CCNC(=NCCc1nc2ccccc2[nH]1)N1CCN(C(=O)C2CCCO2)CC1. The first kappa shape index (κ1) is 19.7. The van der Waals surface area contributed by atoms with Gasteiger partial charge in [-0.25, -0.2) is 4.98 Å². The van der Waals surface area contributed by atoms with E-state index in [4.69, 9.17) is 9.73 Å². The molecule has 8 heteroatoms.